The smallest absolute Gasteiger partial charge is 0.154 e. The van der Waals surface area contributed by atoms with Crippen molar-refractivity contribution >= 4 is 17.4 Å². The first-order valence-electron chi connectivity index (χ1n) is 4.21. The molecule has 12 heavy (non-hydrogen) atoms. The molecule has 0 amide bonds. The molecule has 0 aromatic carbocycles. The molecule has 0 N–H and O–H groups in total. The van der Waals surface area contributed by atoms with E-state index in [2.05, 4.69) is 26.0 Å². The Kier molecular flexibility index (Phi) is 2.35. The van der Waals surface area contributed by atoms with Crippen molar-refractivity contribution < 1.29 is 4.79 Å². The van der Waals surface area contributed by atoms with Crippen molar-refractivity contribution in [2.75, 3.05) is 5.88 Å². The number of alkyl halides is 1. The normalized spacial score (nSPS) is 32.3. The molecule has 0 saturated heterocycles. The van der Waals surface area contributed by atoms with Gasteiger partial charge in [0.15, 0.2) is 5.78 Å². The van der Waals surface area contributed by atoms with Crippen molar-refractivity contribution in [1.29, 1.82) is 0 Å². The molecule has 0 unspecified atom stereocenters. The summed E-state index contributed by atoms with van der Waals surface area (Å²) >= 11 is 5.57. The summed E-state index contributed by atoms with van der Waals surface area (Å²) in [7, 11) is 0. The monoisotopic (exact) mass is 186 g/mol. The molecule has 2 heteroatoms. The van der Waals surface area contributed by atoms with Crippen LogP contribution < -0.4 is 0 Å². The van der Waals surface area contributed by atoms with Crippen LogP contribution in [0, 0.1) is 10.8 Å². The van der Waals surface area contributed by atoms with E-state index in [1.165, 1.54) is 0 Å². The molecule has 0 fully saturated rings. The Balaban J connectivity index is 2.94. The lowest BCUT2D eigenvalue weighted by Gasteiger charge is -2.36. The Morgan fingerprint density at radius 3 is 2.42 bits per heavy atom. The van der Waals surface area contributed by atoms with E-state index >= 15 is 0 Å². The number of hydrogen-bond donors (Lipinski definition) is 0. The van der Waals surface area contributed by atoms with Crippen LogP contribution in [0.25, 0.3) is 0 Å². The van der Waals surface area contributed by atoms with Gasteiger partial charge >= 0.3 is 0 Å². The van der Waals surface area contributed by atoms with Gasteiger partial charge in [-0.1, -0.05) is 32.9 Å². The summed E-state index contributed by atoms with van der Waals surface area (Å²) in [6.07, 6.45) is 5.01. The minimum atomic E-state index is -0.283. The van der Waals surface area contributed by atoms with Crippen molar-refractivity contribution in [1.82, 2.24) is 0 Å². The predicted molar refractivity (Wildman–Crippen MR) is 51.4 cm³/mol. The average Bonchev–Trinajstić information content (AvgIpc) is 2.26. The van der Waals surface area contributed by atoms with E-state index in [-0.39, 0.29) is 22.5 Å². The molecule has 0 bridgehead atoms. The third-order valence-electron chi connectivity index (χ3n) is 3.22. The molecule has 0 heterocycles. The van der Waals surface area contributed by atoms with Crippen LogP contribution in [-0.4, -0.2) is 11.7 Å². The second kappa shape index (κ2) is 2.88. The molecule has 0 spiro atoms. The van der Waals surface area contributed by atoms with Gasteiger partial charge in [0.25, 0.3) is 0 Å². The SMILES string of the molecule is CC1(C)C=CC[C@]1(C)C(=O)CCl. The lowest BCUT2D eigenvalue weighted by atomic mass is 9.67. The molecule has 1 rings (SSSR count). The quantitative estimate of drug-likeness (QED) is 0.479. The zero-order chi connectivity index (χ0) is 9.41. The highest BCUT2D eigenvalue weighted by molar-refractivity contribution is 6.28. The van der Waals surface area contributed by atoms with Gasteiger partial charge in [-0.05, 0) is 11.8 Å². The van der Waals surface area contributed by atoms with E-state index in [9.17, 15) is 4.79 Å². The number of carbonyl (C=O) groups excluding carboxylic acids is 1. The van der Waals surface area contributed by atoms with Crippen LogP contribution in [0.15, 0.2) is 12.2 Å². The second-order valence-corrected chi connectivity index (χ2v) is 4.48. The maximum atomic E-state index is 11.6. The minimum Gasteiger partial charge on any atom is -0.298 e. The largest absolute Gasteiger partial charge is 0.298 e. The van der Waals surface area contributed by atoms with Gasteiger partial charge in [-0.2, -0.15) is 0 Å². The van der Waals surface area contributed by atoms with Gasteiger partial charge in [-0.3, -0.25) is 4.79 Å². The predicted octanol–water partition coefficient (Wildman–Crippen LogP) is 2.79. The summed E-state index contributed by atoms with van der Waals surface area (Å²) in [5.41, 5.74) is -0.326. The number of halogens is 1. The summed E-state index contributed by atoms with van der Waals surface area (Å²) in [6, 6.07) is 0. The average molecular weight is 187 g/mol. The van der Waals surface area contributed by atoms with Gasteiger partial charge in [0.1, 0.15) is 0 Å². The van der Waals surface area contributed by atoms with E-state index in [4.69, 9.17) is 11.6 Å². The molecule has 1 nitrogen and oxygen atoms in total. The van der Waals surface area contributed by atoms with Crippen LogP contribution in [0.4, 0.5) is 0 Å². The molecule has 0 saturated carbocycles. The van der Waals surface area contributed by atoms with Gasteiger partial charge < -0.3 is 0 Å². The van der Waals surface area contributed by atoms with Crippen LogP contribution in [0.2, 0.25) is 0 Å². The molecule has 0 aromatic heterocycles. The number of Topliss-reactive ketones (excluding diaryl/α,β-unsaturated/α-hetero) is 1. The Morgan fingerprint density at radius 1 is 1.50 bits per heavy atom. The molecule has 68 valence electrons. The maximum Gasteiger partial charge on any atom is 0.154 e. The van der Waals surface area contributed by atoms with Crippen LogP contribution in [0.5, 0.6) is 0 Å². The van der Waals surface area contributed by atoms with Gasteiger partial charge in [0.05, 0.1) is 5.88 Å². The van der Waals surface area contributed by atoms with Crippen LogP contribution in [0.1, 0.15) is 27.2 Å². The standard InChI is InChI=1S/C10H15ClO/c1-9(2)5-4-6-10(9,3)8(12)7-11/h4-5H,6-7H2,1-3H3/t10-/m1/s1. The molecule has 0 aliphatic heterocycles. The topological polar surface area (TPSA) is 17.1 Å². The summed E-state index contributed by atoms with van der Waals surface area (Å²) < 4.78 is 0. The van der Waals surface area contributed by atoms with Crippen LogP contribution in [-0.2, 0) is 4.79 Å². The van der Waals surface area contributed by atoms with Gasteiger partial charge in [0, 0.05) is 5.41 Å². The first-order valence-corrected chi connectivity index (χ1v) is 4.74. The number of carbonyl (C=O) groups is 1. The third kappa shape index (κ3) is 1.20. The van der Waals surface area contributed by atoms with Crippen molar-refractivity contribution in [3.63, 3.8) is 0 Å². The Bertz CT molecular complexity index is 230. The highest BCUT2D eigenvalue weighted by Crippen LogP contribution is 2.48. The van der Waals surface area contributed by atoms with Crippen molar-refractivity contribution in [2.45, 2.75) is 27.2 Å². The molecule has 1 aliphatic rings. The van der Waals surface area contributed by atoms with E-state index in [0.717, 1.165) is 6.42 Å². The molecular weight excluding hydrogens is 172 g/mol. The van der Waals surface area contributed by atoms with Crippen molar-refractivity contribution in [3.05, 3.63) is 12.2 Å². The fraction of sp³-hybridized carbons (Fsp3) is 0.700. The Morgan fingerprint density at radius 2 is 2.08 bits per heavy atom. The molecule has 0 aromatic rings. The number of hydrogen-bond acceptors (Lipinski definition) is 1. The van der Waals surface area contributed by atoms with Crippen molar-refractivity contribution in [3.8, 4) is 0 Å². The molecule has 1 atom stereocenters. The van der Waals surface area contributed by atoms with E-state index in [1.54, 1.807) is 0 Å². The first-order chi connectivity index (χ1) is 5.44. The first kappa shape index (κ1) is 9.79. The van der Waals surface area contributed by atoms with Gasteiger partial charge in [-0.15, -0.1) is 11.6 Å². The molecular formula is C10H15ClO. The lowest BCUT2D eigenvalue weighted by Crippen LogP contribution is -2.38. The zero-order valence-corrected chi connectivity index (χ0v) is 8.61. The van der Waals surface area contributed by atoms with E-state index in [1.807, 2.05) is 6.92 Å². The number of allylic oxidation sites excluding steroid dienone is 2. The summed E-state index contributed by atoms with van der Waals surface area (Å²) in [6.45, 7) is 6.17. The molecule has 0 radical (unpaired) electrons. The van der Waals surface area contributed by atoms with Gasteiger partial charge in [-0.25, -0.2) is 0 Å². The molecule has 1 aliphatic carbocycles. The highest BCUT2D eigenvalue weighted by atomic mass is 35.5. The lowest BCUT2D eigenvalue weighted by molar-refractivity contribution is -0.129. The van der Waals surface area contributed by atoms with Crippen LogP contribution >= 0.6 is 11.6 Å². The fourth-order valence-electron chi connectivity index (χ4n) is 1.66. The minimum absolute atomic E-state index is 0.0427. The van der Waals surface area contributed by atoms with Crippen LogP contribution in [0.3, 0.4) is 0 Å². The van der Waals surface area contributed by atoms with E-state index in [0.29, 0.717) is 0 Å². The highest BCUT2D eigenvalue weighted by Gasteiger charge is 2.46. The second-order valence-electron chi connectivity index (χ2n) is 4.22. The summed E-state index contributed by atoms with van der Waals surface area (Å²) in [5.74, 6) is 0.279. The van der Waals surface area contributed by atoms with Crippen molar-refractivity contribution in [2.24, 2.45) is 10.8 Å². The van der Waals surface area contributed by atoms with E-state index < -0.39 is 0 Å². The number of rotatable bonds is 2. The summed E-state index contributed by atoms with van der Waals surface area (Å²) in [4.78, 5) is 11.6. The third-order valence-corrected chi connectivity index (χ3v) is 3.46. The maximum absolute atomic E-state index is 11.6. The van der Waals surface area contributed by atoms with Gasteiger partial charge in [0.2, 0.25) is 0 Å². The Labute approximate surface area is 78.8 Å². The zero-order valence-electron chi connectivity index (χ0n) is 7.86. The summed E-state index contributed by atoms with van der Waals surface area (Å²) in [5, 5.41) is 0. The fourth-order valence-corrected chi connectivity index (χ4v) is 1.95. The Hall–Kier alpha value is -0.300. The number of ketones is 1.